The predicted molar refractivity (Wildman–Crippen MR) is 153 cm³/mol. The fourth-order valence-corrected chi connectivity index (χ4v) is 4.77. The van der Waals surface area contributed by atoms with Crippen molar-refractivity contribution in [2.24, 2.45) is 5.92 Å². The third-order valence-electron chi connectivity index (χ3n) is 5.87. The molecule has 0 unspecified atom stereocenters. The molecular formula is C31H33NO5S. The largest absolute Gasteiger partial charge is 0.490 e. The van der Waals surface area contributed by atoms with Crippen LogP contribution in [0.2, 0.25) is 0 Å². The number of aliphatic carboxylic acids is 1. The molecule has 3 aromatic rings. The Kier molecular flexibility index (Phi) is 10.7. The van der Waals surface area contributed by atoms with Crippen molar-refractivity contribution in [1.29, 1.82) is 0 Å². The Morgan fingerprint density at radius 3 is 2.76 bits per heavy atom. The highest BCUT2D eigenvalue weighted by Crippen LogP contribution is 2.36. The number of thiophene rings is 1. The third-order valence-corrected chi connectivity index (χ3v) is 6.83. The monoisotopic (exact) mass is 531 g/mol. The summed E-state index contributed by atoms with van der Waals surface area (Å²) in [6.07, 6.45) is 6.98. The number of rotatable bonds is 13. The van der Waals surface area contributed by atoms with Gasteiger partial charge in [-0.1, -0.05) is 30.2 Å². The van der Waals surface area contributed by atoms with Crippen LogP contribution >= 0.6 is 11.3 Å². The van der Waals surface area contributed by atoms with Gasteiger partial charge in [-0.2, -0.15) is 0 Å². The Bertz CT molecular complexity index is 1410. The molecule has 1 atom stereocenters. The highest BCUT2D eigenvalue weighted by molar-refractivity contribution is 7.17. The smallest absolute Gasteiger partial charge is 0.304 e. The molecule has 2 aromatic heterocycles. The molecule has 0 bridgehead atoms. The number of ether oxygens (including phenoxy) is 3. The van der Waals surface area contributed by atoms with Crippen LogP contribution in [0.15, 0.2) is 72.0 Å². The van der Waals surface area contributed by atoms with E-state index in [1.54, 1.807) is 43.7 Å². The summed E-state index contributed by atoms with van der Waals surface area (Å²) in [5.74, 6) is 5.85. The van der Waals surface area contributed by atoms with Crippen LogP contribution in [0, 0.1) is 24.7 Å². The Balaban J connectivity index is 1.77. The number of aromatic nitrogens is 1. The molecule has 0 aliphatic heterocycles. The molecular weight excluding hydrogens is 498 g/mol. The van der Waals surface area contributed by atoms with Crippen LogP contribution in [-0.2, 0) is 20.9 Å². The first-order chi connectivity index (χ1) is 18.4. The predicted octanol–water partition coefficient (Wildman–Crippen LogP) is 6.94. The molecule has 0 fully saturated rings. The Labute approximate surface area is 228 Å². The molecule has 1 N–H and O–H groups in total. The van der Waals surface area contributed by atoms with Crippen molar-refractivity contribution in [2.75, 3.05) is 20.3 Å². The number of carbonyl (C=O) groups is 1. The van der Waals surface area contributed by atoms with Gasteiger partial charge in [0, 0.05) is 28.1 Å². The molecule has 2 heterocycles. The van der Waals surface area contributed by atoms with Crippen LogP contribution in [0.3, 0.4) is 0 Å². The maximum Gasteiger partial charge on any atom is 0.304 e. The van der Waals surface area contributed by atoms with E-state index in [4.69, 9.17) is 19.3 Å². The fraction of sp³-hybridized carbons (Fsp3) is 0.290. The maximum atomic E-state index is 11.1. The summed E-state index contributed by atoms with van der Waals surface area (Å²) in [7, 11) is 1.65. The number of benzene rings is 1. The van der Waals surface area contributed by atoms with Gasteiger partial charge in [0.2, 0.25) is 0 Å². The van der Waals surface area contributed by atoms with Gasteiger partial charge < -0.3 is 19.3 Å². The number of pyridine rings is 1. The van der Waals surface area contributed by atoms with Crippen LogP contribution in [0.25, 0.3) is 21.3 Å². The van der Waals surface area contributed by atoms with Gasteiger partial charge in [-0.15, -0.1) is 17.3 Å². The minimum Gasteiger partial charge on any atom is -0.490 e. The molecule has 0 saturated carbocycles. The number of aryl methyl sites for hydroxylation is 1. The Morgan fingerprint density at radius 1 is 1.26 bits per heavy atom. The van der Waals surface area contributed by atoms with Crippen LogP contribution in [0.5, 0.6) is 5.75 Å². The van der Waals surface area contributed by atoms with Gasteiger partial charge in [-0.3, -0.25) is 9.78 Å². The molecule has 0 spiro atoms. The highest BCUT2D eigenvalue weighted by atomic mass is 32.1. The van der Waals surface area contributed by atoms with Crippen molar-refractivity contribution in [2.45, 2.75) is 33.8 Å². The first-order valence-corrected chi connectivity index (χ1v) is 13.1. The van der Waals surface area contributed by atoms with E-state index in [9.17, 15) is 4.79 Å². The normalized spacial score (nSPS) is 12.5. The van der Waals surface area contributed by atoms with E-state index in [0.29, 0.717) is 25.6 Å². The summed E-state index contributed by atoms with van der Waals surface area (Å²) in [5, 5.41) is 12.4. The van der Waals surface area contributed by atoms with Crippen LogP contribution in [-0.4, -0.2) is 36.4 Å². The molecule has 38 heavy (non-hydrogen) atoms. The summed E-state index contributed by atoms with van der Waals surface area (Å²) >= 11 is 1.68. The fourth-order valence-electron chi connectivity index (χ4n) is 3.85. The van der Waals surface area contributed by atoms with Crippen molar-refractivity contribution in [3.63, 3.8) is 0 Å². The van der Waals surface area contributed by atoms with Crippen LogP contribution in [0.1, 0.15) is 31.4 Å². The van der Waals surface area contributed by atoms with Crippen molar-refractivity contribution in [1.82, 2.24) is 4.98 Å². The average molecular weight is 532 g/mol. The summed E-state index contributed by atoms with van der Waals surface area (Å²) in [4.78, 5) is 15.8. The SMILES string of the molecule is C=C/C(=C\C=C(/C)[C@@H](C#CC)CC(=O)O)OCc1ccc2scc(-c3ncc(OCCOC)cc3C)c2c1. The van der Waals surface area contributed by atoms with E-state index in [1.807, 2.05) is 26.0 Å². The minimum absolute atomic E-state index is 0.0395. The number of hydrogen-bond donors (Lipinski definition) is 1. The first-order valence-electron chi connectivity index (χ1n) is 12.2. The molecule has 7 heteroatoms. The van der Waals surface area contributed by atoms with Crippen molar-refractivity contribution < 1.29 is 24.1 Å². The molecule has 0 aliphatic rings. The quantitative estimate of drug-likeness (QED) is 0.111. The molecule has 1 aromatic carbocycles. The Morgan fingerprint density at radius 2 is 2.08 bits per heavy atom. The topological polar surface area (TPSA) is 77.9 Å². The summed E-state index contributed by atoms with van der Waals surface area (Å²) in [6, 6.07) is 8.28. The van der Waals surface area contributed by atoms with E-state index in [1.165, 1.54) is 4.70 Å². The number of carboxylic acid groups (broad SMARTS) is 1. The van der Waals surface area contributed by atoms with Gasteiger partial charge >= 0.3 is 5.97 Å². The third kappa shape index (κ3) is 7.82. The lowest BCUT2D eigenvalue weighted by atomic mass is 9.97. The Hall–Kier alpha value is -3.86. The van der Waals surface area contributed by atoms with E-state index < -0.39 is 5.97 Å². The lowest BCUT2D eigenvalue weighted by molar-refractivity contribution is -0.137. The average Bonchev–Trinajstić information content (AvgIpc) is 3.31. The van der Waals surface area contributed by atoms with Gasteiger partial charge in [-0.25, -0.2) is 0 Å². The second-order valence-electron chi connectivity index (χ2n) is 8.67. The zero-order chi connectivity index (χ0) is 27.5. The minimum atomic E-state index is -0.880. The lowest BCUT2D eigenvalue weighted by Gasteiger charge is -2.10. The maximum absolute atomic E-state index is 11.1. The van der Waals surface area contributed by atoms with Gasteiger partial charge in [0.1, 0.15) is 24.7 Å². The zero-order valence-electron chi connectivity index (χ0n) is 22.2. The summed E-state index contributed by atoms with van der Waals surface area (Å²) in [6.45, 7) is 10.8. The molecule has 0 aliphatic carbocycles. The lowest BCUT2D eigenvalue weighted by Crippen LogP contribution is -2.07. The molecule has 198 valence electrons. The zero-order valence-corrected chi connectivity index (χ0v) is 23.1. The van der Waals surface area contributed by atoms with E-state index in [2.05, 4.69) is 47.0 Å². The van der Waals surface area contributed by atoms with E-state index in [-0.39, 0.29) is 12.3 Å². The standard InChI is InChI=1S/C31H33NO5S/c1-6-8-24(17-30(33)34)21(3)9-11-25(7-2)37-19-23-10-12-29-27(16-23)28(20-38-29)31-22(4)15-26(18-32-31)36-14-13-35-5/h7,9-12,15-16,18,20,24H,2,13-14,17,19H2,1,3-5H3,(H,33,34)/b21-9+,25-11+/t24-/m0/s1. The molecule has 0 radical (unpaired) electrons. The van der Waals surface area contributed by atoms with Crippen molar-refractivity contribution >= 4 is 27.4 Å². The van der Waals surface area contributed by atoms with Gasteiger partial charge in [0.25, 0.3) is 0 Å². The second kappa shape index (κ2) is 14.2. The number of nitrogens with zero attached hydrogens (tertiary/aromatic N) is 1. The van der Waals surface area contributed by atoms with Gasteiger partial charge in [0.05, 0.1) is 30.8 Å². The van der Waals surface area contributed by atoms with Crippen LogP contribution in [0.4, 0.5) is 0 Å². The van der Waals surface area contributed by atoms with Gasteiger partial charge in [0.15, 0.2) is 0 Å². The number of fused-ring (bicyclic) bond motifs is 1. The summed E-state index contributed by atoms with van der Waals surface area (Å²) in [5.41, 5.74) is 4.91. The van der Waals surface area contributed by atoms with Crippen molar-refractivity contribution in [3.05, 3.63) is 83.1 Å². The van der Waals surface area contributed by atoms with E-state index >= 15 is 0 Å². The highest BCUT2D eigenvalue weighted by Gasteiger charge is 2.13. The number of hydrogen-bond acceptors (Lipinski definition) is 6. The van der Waals surface area contributed by atoms with Crippen molar-refractivity contribution in [3.8, 4) is 28.8 Å². The molecule has 6 nitrogen and oxygen atoms in total. The van der Waals surface area contributed by atoms with E-state index in [0.717, 1.165) is 39.1 Å². The first kappa shape index (κ1) is 28.7. The number of allylic oxidation sites excluding steroid dienone is 4. The molecule has 0 saturated heterocycles. The van der Waals surface area contributed by atoms with Gasteiger partial charge in [-0.05, 0) is 62.2 Å². The van der Waals surface area contributed by atoms with Crippen LogP contribution < -0.4 is 4.74 Å². The number of carboxylic acids is 1. The molecule has 3 rings (SSSR count). The second-order valence-corrected chi connectivity index (χ2v) is 9.59. The number of methoxy groups -OCH3 is 1. The summed E-state index contributed by atoms with van der Waals surface area (Å²) < 4.78 is 17.9. The molecule has 0 amide bonds.